The van der Waals surface area contributed by atoms with Crippen molar-refractivity contribution in [3.63, 3.8) is 0 Å². The van der Waals surface area contributed by atoms with Crippen molar-refractivity contribution in [1.29, 1.82) is 0 Å². The van der Waals surface area contributed by atoms with Gasteiger partial charge in [0, 0.05) is 11.1 Å². The summed E-state index contributed by atoms with van der Waals surface area (Å²) in [6, 6.07) is 19.8. The molecule has 2 aliphatic heterocycles. The van der Waals surface area contributed by atoms with Crippen molar-refractivity contribution in [3.05, 3.63) is 81.9 Å². The molecule has 6 heteroatoms. The molecule has 0 amide bonds. The fourth-order valence-electron chi connectivity index (χ4n) is 9.81. The minimum Gasteiger partial charge on any atom is -0.329 e. The Hall–Kier alpha value is -1.81. The monoisotopic (exact) mass is 640 g/mol. The van der Waals surface area contributed by atoms with Gasteiger partial charge in [-0.25, -0.2) is 0 Å². The third-order valence-electron chi connectivity index (χ3n) is 10.4. The first kappa shape index (κ1) is 33.1. The van der Waals surface area contributed by atoms with Crippen LogP contribution in [0.1, 0.15) is 108 Å². The van der Waals surface area contributed by atoms with Crippen LogP contribution in [-0.2, 0) is 0 Å². The van der Waals surface area contributed by atoms with E-state index in [-0.39, 0.29) is 11.1 Å². The number of rotatable bonds is 8. The third kappa shape index (κ3) is 6.53. The van der Waals surface area contributed by atoms with Gasteiger partial charge in [0.25, 0.3) is 0 Å². The molecule has 4 aliphatic rings. The van der Waals surface area contributed by atoms with E-state index < -0.39 is 16.5 Å². The molecule has 2 aromatic carbocycles. The first-order valence-corrected chi connectivity index (χ1v) is 23.8. The van der Waals surface area contributed by atoms with E-state index in [1.807, 2.05) is 0 Å². The molecule has 2 atom stereocenters. The van der Waals surface area contributed by atoms with Crippen LogP contribution in [0.5, 0.6) is 0 Å². The van der Waals surface area contributed by atoms with E-state index >= 15 is 0 Å². The molecule has 2 unspecified atom stereocenters. The lowest BCUT2D eigenvalue weighted by atomic mass is 9.93. The van der Waals surface area contributed by atoms with Crippen molar-refractivity contribution in [2.45, 2.75) is 123 Å². The highest BCUT2D eigenvalue weighted by atomic mass is 28.3. The number of likely N-dealkylation sites (tertiary alicyclic amines) is 2. The van der Waals surface area contributed by atoms with Gasteiger partial charge < -0.3 is 9.96 Å². The van der Waals surface area contributed by atoms with Crippen molar-refractivity contribution in [3.8, 4) is 0 Å². The van der Waals surface area contributed by atoms with Crippen LogP contribution in [0.15, 0.2) is 59.7 Å². The molecule has 2 saturated heterocycles. The Kier molecular flexibility index (Phi) is 8.84. The molecule has 4 nitrogen and oxygen atoms in total. The topological polar surface area (TPSA) is 30.5 Å². The molecular weight excluding hydrogens is 581 g/mol. The van der Waals surface area contributed by atoms with Gasteiger partial charge in [-0.1, -0.05) is 74.7 Å². The molecule has 244 valence electrons. The van der Waals surface area contributed by atoms with Gasteiger partial charge in [-0.2, -0.15) is 0 Å². The summed E-state index contributed by atoms with van der Waals surface area (Å²) in [4.78, 5) is 14.1. The van der Waals surface area contributed by atoms with Crippen LogP contribution in [0, 0.1) is 0 Å². The molecule has 0 aromatic heterocycles. The maximum atomic E-state index is 4.23. The molecule has 0 radical (unpaired) electrons. The first-order valence-electron chi connectivity index (χ1n) is 17.8. The Labute approximate surface area is 276 Å². The molecule has 2 N–H and O–H groups in total. The van der Waals surface area contributed by atoms with E-state index in [2.05, 4.69) is 136 Å². The Morgan fingerprint density at radius 1 is 0.578 bits per heavy atom. The van der Waals surface area contributed by atoms with Gasteiger partial charge in [0.15, 0.2) is 16.5 Å². The Bertz CT molecular complexity index is 1370. The van der Waals surface area contributed by atoms with Gasteiger partial charge in [-0.15, -0.1) is 0 Å². The van der Waals surface area contributed by atoms with E-state index in [9.17, 15) is 0 Å². The zero-order valence-corrected chi connectivity index (χ0v) is 32.0. The highest BCUT2D eigenvalue weighted by molar-refractivity contribution is 6.94. The van der Waals surface area contributed by atoms with Crippen molar-refractivity contribution < 1.29 is 0 Å². The van der Waals surface area contributed by atoms with Crippen LogP contribution in [0.3, 0.4) is 0 Å². The molecule has 0 saturated carbocycles. The molecule has 45 heavy (non-hydrogen) atoms. The Balaban J connectivity index is 1.60. The van der Waals surface area contributed by atoms with E-state index in [0.717, 1.165) is 6.42 Å². The summed E-state index contributed by atoms with van der Waals surface area (Å²) >= 11 is 0. The Morgan fingerprint density at radius 3 is 1.24 bits per heavy atom. The molecule has 2 aromatic rings. The SMILES string of the molecule is CC(C)(C)N[Si](C)(C)C1=C(CC2=C([Si](C)(C)NC(C)(C)C)c3ccccc3C2N2CCCC2)C(N2CCCC2)c2ccccc21. The summed E-state index contributed by atoms with van der Waals surface area (Å²) in [7, 11) is -4.12. The second-order valence-electron chi connectivity index (χ2n) is 17.4. The summed E-state index contributed by atoms with van der Waals surface area (Å²) in [6.07, 6.45) is 6.32. The second kappa shape index (κ2) is 12.0. The average molecular weight is 641 g/mol. The van der Waals surface area contributed by atoms with E-state index in [1.165, 1.54) is 63.0 Å². The van der Waals surface area contributed by atoms with E-state index in [0.29, 0.717) is 12.1 Å². The molecular formula is C39H60N4Si2. The lowest BCUT2D eigenvalue weighted by Gasteiger charge is -2.38. The molecule has 6 rings (SSSR count). The highest BCUT2D eigenvalue weighted by Gasteiger charge is 2.48. The summed E-state index contributed by atoms with van der Waals surface area (Å²) < 4.78 is 0. The Morgan fingerprint density at radius 2 is 0.911 bits per heavy atom. The fourth-order valence-corrected chi connectivity index (χ4v) is 17.7. The van der Waals surface area contributed by atoms with Crippen LogP contribution >= 0.6 is 0 Å². The van der Waals surface area contributed by atoms with Gasteiger partial charge in [0.05, 0.1) is 12.1 Å². The van der Waals surface area contributed by atoms with Crippen LogP contribution in [0.4, 0.5) is 0 Å². The van der Waals surface area contributed by atoms with E-state index in [1.54, 1.807) is 32.7 Å². The predicted molar refractivity (Wildman–Crippen MR) is 199 cm³/mol. The third-order valence-corrected chi connectivity index (χ3v) is 16.8. The van der Waals surface area contributed by atoms with Crippen molar-refractivity contribution in [2.75, 3.05) is 26.2 Å². The first-order chi connectivity index (χ1) is 21.1. The highest BCUT2D eigenvalue weighted by Crippen LogP contribution is 2.55. The molecule has 2 fully saturated rings. The van der Waals surface area contributed by atoms with Crippen LogP contribution in [0.2, 0.25) is 26.2 Å². The summed E-state index contributed by atoms with van der Waals surface area (Å²) in [5.41, 5.74) is 9.70. The maximum Gasteiger partial charge on any atom is 0.152 e. The van der Waals surface area contributed by atoms with Gasteiger partial charge in [-0.3, -0.25) is 9.80 Å². The lowest BCUT2D eigenvalue weighted by molar-refractivity contribution is 0.265. The summed E-state index contributed by atoms with van der Waals surface area (Å²) in [5, 5.41) is 3.35. The number of nitrogens with one attached hydrogen (secondary N) is 2. The molecule has 2 aliphatic carbocycles. The maximum absolute atomic E-state index is 4.23. The fraction of sp³-hybridized carbons (Fsp3) is 0.590. The standard InChI is InChI=1S/C39H60N4Si2/c1-38(2,3)40-44(7,8)36-30-21-13-11-19-28(30)34(42-23-15-16-24-42)32(36)27-33-35(43-25-17-18-26-43)29-20-12-14-22-31(29)37(33)45(9,10)41-39(4,5)6/h11-14,19-22,34-35,40-41H,15-18,23-27H2,1-10H3. The van der Waals surface area contributed by atoms with Gasteiger partial charge >= 0.3 is 0 Å². The smallest absolute Gasteiger partial charge is 0.152 e. The van der Waals surface area contributed by atoms with Crippen LogP contribution in [-0.4, -0.2) is 63.5 Å². The quantitative estimate of drug-likeness (QED) is 0.282. The number of hydrogen-bond acceptors (Lipinski definition) is 4. The van der Waals surface area contributed by atoms with Crippen molar-refractivity contribution >= 4 is 26.9 Å². The van der Waals surface area contributed by atoms with Gasteiger partial charge in [0.2, 0.25) is 0 Å². The molecule has 0 bridgehead atoms. The van der Waals surface area contributed by atoms with Crippen molar-refractivity contribution in [1.82, 2.24) is 19.8 Å². The second-order valence-corrected chi connectivity index (χ2v) is 25.4. The summed E-state index contributed by atoms with van der Waals surface area (Å²) in [6.45, 7) is 29.2. The molecule has 2 heterocycles. The van der Waals surface area contributed by atoms with Gasteiger partial charge in [-0.05, 0) is 144 Å². The number of nitrogens with zero attached hydrogens (tertiary/aromatic N) is 2. The number of benzene rings is 2. The van der Waals surface area contributed by atoms with Crippen LogP contribution < -0.4 is 9.96 Å². The zero-order valence-electron chi connectivity index (χ0n) is 30.0. The summed E-state index contributed by atoms with van der Waals surface area (Å²) in [5.74, 6) is 0. The number of hydrogen-bond donors (Lipinski definition) is 2. The predicted octanol–water partition coefficient (Wildman–Crippen LogP) is 8.85. The lowest BCUT2D eigenvalue weighted by Crippen LogP contribution is -2.55. The van der Waals surface area contributed by atoms with Crippen molar-refractivity contribution in [2.24, 2.45) is 0 Å². The minimum atomic E-state index is -2.06. The normalized spacial score (nSPS) is 23.4. The molecule has 0 spiro atoms. The van der Waals surface area contributed by atoms with Crippen LogP contribution in [0.25, 0.3) is 10.4 Å². The zero-order chi connectivity index (χ0) is 32.4. The average Bonchev–Trinajstić information content (AvgIpc) is 3.70. The minimum absolute atomic E-state index is 0.0617. The number of fused-ring (bicyclic) bond motifs is 2. The van der Waals surface area contributed by atoms with E-state index in [4.69, 9.17) is 0 Å². The largest absolute Gasteiger partial charge is 0.329 e. The van der Waals surface area contributed by atoms with Gasteiger partial charge in [0.1, 0.15) is 0 Å².